The SMILES string of the molecule is C=CC1(C(F)F)CC(N2CCC(O)(Cc3cccc(C#N)c3)CC2)=NN1C(=O)c1ccncc1. The molecule has 1 fully saturated rings. The van der Waals surface area contributed by atoms with Gasteiger partial charge in [-0.05, 0) is 42.7 Å². The largest absolute Gasteiger partial charge is 0.389 e. The van der Waals surface area contributed by atoms with E-state index in [9.17, 15) is 18.7 Å². The molecule has 0 bridgehead atoms. The Morgan fingerprint density at radius 2 is 1.97 bits per heavy atom. The number of hydrazone groups is 1. The van der Waals surface area contributed by atoms with Gasteiger partial charge in [-0.15, -0.1) is 6.58 Å². The van der Waals surface area contributed by atoms with Crippen molar-refractivity contribution in [2.24, 2.45) is 5.10 Å². The van der Waals surface area contributed by atoms with Crippen molar-refractivity contribution in [3.05, 3.63) is 78.1 Å². The topological polar surface area (TPSA) is 92.8 Å². The summed E-state index contributed by atoms with van der Waals surface area (Å²) in [6.45, 7) is 4.39. The molecule has 9 heteroatoms. The number of hydrogen-bond acceptors (Lipinski definition) is 6. The van der Waals surface area contributed by atoms with Crippen LogP contribution in [-0.4, -0.2) is 62.4 Å². The first-order valence-electron chi connectivity index (χ1n) is 11.0. The van der Waals surface area contributed by atoms with Gasteiger partial charge in [0.25, 0.3) is 12.3 Å². The van der Waals surface area contributed by atoms with E-state index in [1.54, 1.807) is 18.2 Å². The summed E-state index contributed by atoms with van der Waals surface area (Å²) in [7, 11) is 0. The Morgan fingerprint density at radius 1 is 1.26 bits per heavy atom. The Hall–Kier alpha value is -3.64. The van der Waals surface area contributed by atoms with Gasteiger partial charge in [-0.1, -0.05) is 18.2 Å². The molecule has 0 radical (unpaired) electrons. The molecule has 1 N–H and O–H groups in total. The summed E-state index contributed by atoms with van der Waals surface area (Å²) in [6.07, 6.45) is 2.08. The Balaban J connectivity index is 1.51. The Kier molecular flexibility index (Phi) is 6.44. The fraction of sp³-hybridized carbons (Fsp3) is 0.360. The Morgan fingerprint density at radius 3 is 2.59 bits per heavy atom. The van der Waals surface area contributed by atoms with Gasteiger partial charge in [-0.25, -0.2) is 13.8 Å². The van der Waals surface area contributed by atoms with Crippen molar-refractivity contribution in [3.8, 4) is 6.07 Å². The molecule has 176 valence electrons. The number of carbonyl (C=O) groups is 1. The van der Waals surface area contributed by atoms with Crippen molar-refractivity contribution >= 4 is 11.7 Å². The van der Waals surface area contributed by atoms with E-state index in [0.717, 1.165) is 16.6 Å². The molecule has 2 aliphatic rings. The van der Waals surface area contributed by atoms with Gasteiger partial charge in [-0.3, -0.25) is 9.78 Å². The van der Waals surface area contributed by atoms with Crippen molar-refractivity contribution < 1.29 is 18.7 Å². The number of halogens is 2. The first-order valence-corrected chi connectivity index (χ1v) is 11.0. The first-order chi connectivity index (χ1) is 16.3. The fourth-order valence-electron chi connectivity index (χ4n) is 4.50. The second-order valence-corrected chi connectivity index (χ2v) is 8.74. The highest BCUT2D eigenvalue weighted by atomic mass is 19.3. The summed E-state index contributed by atoms with van der Waals surface area (Å²) < 4.78 is 28.5. The molecule has 1 aromatic heterocycles. The van der Waals surface area contributed by atoms with E-state index in [2.05, 4.69) is 22.7 Å². The number of aliphatic hydroxyl groups is 1. The highest BCUT2D eigenvalue weighted by molar-refractivity contribution is 5.98. The zero-order valence-corrected chi connectivity index (χ0v) is 18.6. The van der Waals surface area contributed by atoms with Gasteiger partial charge in [-0.2, -0.15) is 10.4 Å². The molecule has 7 nitrogen and oxygen atoms in total. The molecule has 2 aromatic rings. The van der Waals surface area contributed by atoms with Crippen LogP contribution in [0.5, 0.6) is 0 Å². The van der Waals surface area contributed by atoms with Gasteiger partial charge < -0.3 is 10.0 Å². The smallest absolute Gasteiger partial charge is 0.275 e. The average molecular weight is 466 g/mol. The molecule has 4 rings (SSSR count). The van der Waals surface area contributed by atoms with E-state index in [1.807, 2.05) is 11.0 Å². The summed E-state index contributed by atoms with van der Waals surface area (Å²) in [5, 5.41) is 25.4. The van der Waals surface area contributed by atoms with Crippen LogP contribution in [-0.2, 0) is 6.42 Å². The molecular weight excluding hydrogens is 440 g/mol. The van der Waals surface area contributed by atoms with Crippen LogP contribution in [0.15, 0.2) is 66.5 Å². The van der Waals surface area contributed by atoms with Crippen molar-refractivity contribution in [1.29, 1.82) is 5.26 Å². The first kappa shape index (κ1) is 23.5. The maximum atomic E-state index is 14.3. The second kappa shape index (κ2) is 9.31. The number of pyridine rings is 1. The monoisotopic (exact) mass is 465 g/mol. The number of rotatable bonds is 5. The van der Waals surface area contributed by atoms with E-state index in [-0.39, 0.29) is 12.0 Å². The van der Waals surface area contributed by atoms with Crippen molar-refractivity contribution in [2.45, 2.75) is 43.2 Å². The summed E-state index contributed by atoms with van der Waals surface area (Å²) in [5.41, 5.74) is -1.31. The molecule has 1 aromatic carbocycles. The quantitative estimate of drug-likeness (QED) is 0.684. The molecule has 3 heterocycles. The molecule has 1 saturated heterocycles. The Bertz CT molecular complexity index is 1140. The molecule has 1 atom stereocenters. The number of aromatic nitrogens is 1. The van der Waals surface area contributed by atoms with Crippen LogP contribution in [0.3, 0.4) is 0 Å². The van der Waals surface area contributed by atoms with E-state index in [4.69, 9.17) is 5.26 Å². The maximum absolute atomic E-state index is 14.3. The van der Waals surface area contributed by atoms with Gasteiger partial charge in [0.2, 0.25) is 0 Å². The lowest BCUT2D eigenvalue weighted by molar-refractivity contribution is -0.00840. The third kappa shape index (κ3) is 4.41. The minimum absolute atomic E-state index is 0.159. The molecule has 0 spiro atoms. The third-order valence-electron chi connectivity index (χ3n) is 6.55. The lowest BCUT2D eigenvalue weighted by Gasteiger charge is -2.39. The molecule has 0 saturated carbocycles. The van der Waals surface area contributed by atoms with E-state index in [0.29, 0.717) is 43.8 Å². The number of piperidine rings is 1. The third-order valence-corrected chi connectivity index (χ3v) is 6.55. The summed E-state index contributed by atoms with van der Waals surface area (Å²) in [4.78, 5) is 18.8. The lowest BCUT2D eigenvalue weighted by atomic mass is 9.84. The fourth-order valence-corrected chi connectivity index (χ4v) is 4.50. The number of likely N-dealkylation sites (tertiary alicyclic amines) is 1. The number of amides is 1. The summed E-state index contributed by atoms with van der Waals surface area (Å²) in [5.74, 6) is -0.278. The van der Waals surface area contributed by atoms with Crippen LogP contribution in [0.1, 0.15) is 40.7 Å². The van der Waals surface area contributed by atoms with Crippen LogP contribution in [0.4, 0.5) is 8.78 Å². The minimum atomic E-state index is -2.88. The van der Waals surface area contributed by atoms with Gasteiger partial charge in [0.05, 0.1) is 17.2 Å². The van der Waals surface area contributed by atoms with Crippen LogP contribution in [0.25, 0.3) is 0 Å². The van der Waals surface area contributed by atoms with Crippen LogP contribution >= 0.6 is 0 Å². The number of hydrogen-bond donors (Lipinski definition) is 1. The van der Waals surface area contributed by atoms with E-state index < -0.39 is 23.5 Å². The second-order valence-electron chi connectivity index (χ2n) is 8.74. The van der Waals surface area contributed by atoms with Crippen molar-refractivity contribution in [2.75, 3.05) is 13.1 Å². The number of benzene rings is 1. The molecule has 0 aliphatic carbocycles. The molecule has 1 amide bonds. The predicted molar refractivity (Wildman–Crippen MR) is 122 cm³/mol. The summed E-state index contributed by atoms with van der Waals surface area (Å²) >= 11 is 0. The summed E-state index contributed by atoms with van der Waals surface area (Å²) in [6, 6.07) is 12.1. The lowest BCUT2D eigenvalue weighted by Crippen LogP contribution is -2.51. The highest BCUT2D eigenvalue weighted by Gasteiger charge is 2.52. The van der Waals surface area contributed by atoms with Gasteiger partial charge >= 0.3 is 0 Å². The van der Waals surface area contributed by atoms with Gasteiger partial charge in [0.1, 0.15) is 5.84 Å². The van der Waals surface area contributed by atoms with Crippen LogP contribution in [0, 0.1) is 11.3 Å². The van der Waals surface area contributed by atoms with E-state index >= 15 is 0 Å². The highest BCUT2D eigenvalue weighted by Crippen LogP contribution is 2.38. The van der Waals surface area contributed by atoms with Crippen molar-refractivity contribution in [3.63, 3.8) is 0 Å². The number of alkyl halides is 2. The predicted octanol–water partition coefficient (Wildman–Crippen LogP) is 3.37. The molecule has 1 unspecified atom stereocenters. The van der Waals surface area contributed by atoms with Gasteiger partial charge in [0.15, 0.2) is 5.54 Å². The van der Waals surface area contributed by atoms with E-state index in [1.165, 1.54) is 24.5 Å². The number of amidine groups is 1. The number of nitrogens with zero attached hydrogens (tertiary/aromatic N) is 5. The Labute approximate surface area is 196 Å². The van der Waals surface area contributed by atoms with Crippen molar-refractivity contribution in [1.82, 2.24) is 14.9 Å². The zero-order chi connectivity index (χ0) is 24.3. The number of nitriles is 1. The standard InChI is InChI=1S/C25H25F2N5O2/c1-2-25(23(26)27)16-21(30-32(25)22(33)20-6-10-29-11-7-20)31-12-8-24(34,9-13-31)15-18-4-3-5-19(14-18)17-28/h2-7,10-11,14,23,34H,1,8-9,12-13,15-16H2. The zero-order valence-electron chi connectivity index (χ0n) is 18.6. The number of carbonyl (C=O) groups excluding carboxylic acids is 1. The maximum Gasteiger partial charge on any atom is 0.275 e. The van der Waals surface area contributed by atoms with Crippen LogP contribution in [0.2, 0.25) is 0 Å². The molecule has 34 heavy (non-hydrogen) atoms. The minimum Gasteiger partial charge on any atom is -0.389 e. The van der Waals surface area contributed by atoms with Crippen LogP contribution < -0.4 is 0 Å². The van der Waals surface area contributed by atoms with Gasteiger partial charge in [0, 0.05) is 43.9 Å². The average Bonchev–Trinajstić information content (AvgIpc) is 3.25. The molecular formula is C25H25F2N5O2. The normalized spacial score (nSPS) is 21.8. The molecule has 2 aliphatic heterocycles.